The number of likely N-dealkylation sites (tertiary alicyclic amines) is 1. The van der Waals surface area contributed by atoms with Crippen molar-refractivity contribution in [2.75, 3.05) is 32.7 Å². The average Bonchev–Trinajstić information content (AvgIpc) is 3.51. The molecule has 1 aliphatic carbocycles. The van der Waals surface area contributed by atoms with Gasteiger partial charge in [-0.2, -0.15) is 13.2 Å². The lowest BCUT2D eigenvalue weighted by atomic mass is 9.71. The van der Waals surface area contributed by atoms with Crippen molar-refractivity contribution in [3.63, 3.8) is 0 Å². The molecule has 39 heavy (non-hydrogen) atoms. The van der Waals surface area contributed by atoms with Crippen molar-refractivity contribution in [1.82, 2.24) is 20.1 Å². The van der Waals surface area contributed by atoms with Crippen LogP contribution in [0.2, 0.25) is 0 Å². The third-order valence-electron chi connectivity index (χ3n) is 9.69. The van der Waals surface area contributed by atoms with Crippen LogP contribution in [0.3, 0.4) is 0 Å². The number of hydrogen-bond donors (Lipinski definition) is 1. The number of aromatic nitrogens is 1. The number of rotatable bonds is 4. The Morgan fingerprint density at radius 1 is 1.15 bits per heavy atom. The van der Waals surface area contributed by atoms with Gasteiger partial charge in [-0.05, 0) is 50.0 Å². The Morgan fingerprint density at radius 2 is 1.92 bits per heavy atom. The fourth-order valence-electron chi connectivity index (χ4n) is 8.02. The van der Waals surface area contributed by atoms with Crippen molar-refractivity contribution in [2.24, 2.45) is 11.8 Å². The highest BCUT2D eigenvalue weighted by atomic mass is 32.1. The van der Waals surface area contributed by atoms with Crippen LogP contribution in [0.1, 0.15) is 72.0 Å². The predicted molar refractivity (Wildman–Crippen MR) is 147 cm³/mol. The summed E-state index contributed by atoms with van der Waals surface area (Å²) in [7, 11) is 0. The van der Waals surface area contributed by atoms with Gasteiger partial charge in [0.05, 0.1) is 23.2 Å². The number of hydrogen-bond acceptors (Lipinski definition) is 5. The molecule has 1 amide bonds. The molecule has 0 radical (unpaired) electrons. The lowest BCUT2D eigenvalue weighted by molar-refractivity contribution is -0.152. The average molecular weight is 561 g/mol. The lowest BCUT2D eigenvalue weighted by Crippen LogP contribution is -2.58. The molecule has 3 aliphatic heterocycles. The normalized spacial score (nSPS) is 30.6. The molecule has 2 saturated heterocycles. The summed E-state index contributed by atoms with van der Waals surface area (Å²) in [5, 5.41) is 4.30. The minimum absolute atomic E-state index is 0.132. The standard InChI is InChI=1S/C30H39F3N4OS/c1-20-35-25-16-36(19-30(31,32)33)18-29(27(25)39-20)17-34-15-24(29)28(38)37-13-12-23(21-8-4-2-5-9-21)14-26(37)22-10-6-3-7-11-22/h2,4-5,8-9,22-24,26,34H,3,6-7,10-19H2,1H3/t23-,24+,26+,29+/m1/s1. The van der Waals surface area contributed by atoms with Crippen LogP contribution in [0.15, 0.2) is 30.3 Å². The third-order valence-corrected chi connectivity index (χ3v) is 10.9. The van der Waals surface area contributed by atoms with Crippen LogP contribution >= 0.6 is 11.3 Å². The van der Waals surface area contributed by atoms with Crippen LogP contribution in [-0.4, -0.2) is 65.6 Å². The van der Waals surface area contributed by atoms with E-state index in [2.05, 4.69) is 45.5 Å². The smallest absolute Gasteiger partial charge is 0.339 e. The second kappa shape index (κ2) is 10.8. The molecule has 1 aromatic heterocycles. The van der Waals surface area contributed by atoms with E-state index in [0.717, 1.165) is 41.3 Å². The number of nitrogens with zero attached hydrogens (tertiary/aromatic N) is 3. The van der Waals surface area contributed by atoms with Crippen LogP contribution in [0.5, 0.6) is 0 Å². The van der Waals surface area contributed by atoms with Crippen molar-refractivity contribution >= 4 is 17.2 Å². The van der Waals surface area contributed by atoms with Gasteiger partial charge in [-0.1, -0.05) is 49.6 Å². The van der Waals surface area contributed by atoms with Gasteiger partial charge in [0.15, 0.2) is 0 Å². The molecule has 0 bridgehead atoms. The Bertz CT molecular complexity index is 1160. The molecule has 2 aromatic rings. The van der Waals surface area contributed by atoms with Gasteiger partial charge in [-0.15, -0.1) is 11.3 Å². The molecule has 1 saturated carbocycles. The number of benzene rings is 1. The number of thiazole rings is 1. The van der Waals surface area contributed by atoms with Gasteiger partial charge in [0.1, 0.15) is 0 Å². The molecular formula is C30H39F3N4OS. The second-order valence-electron chi connectivity index (χ2n) is 12.2. The molecule has 6 rings (SSSR count). The highest BCUT2D eigenvalue weighted by Crippen LogP contribution is 2.47. The summed E-state index contributed by atoms with van der Waals surface area (Å²) < 4.78 is 40.6. The van der Waals surface area contributed by atoms with E-state index in [-0.39, 0.29) is 31.0 Å². The first kappa shape index (κ1) is 27.2. The molecular weight excluding hydrogens is 521 g/mol. The number of halogens is 3. The number of piperidine rings is 1. The van der Waals surface area contributed by atoms with Crippen molar-refractivity contribution < 1.29 is 18.0 Å². The van der Waals surface area contributed by atoms with E-state index in [1.54, 1.807) is 11.3 Å². The molecule has 1 N–H and O–H groups in total. The molecule has 3 fully saturated rings. The zero-order chi connectivity index (χ0) is 27.2. The molecule has 4 atom stereocenters. The van der Waals surface area contributed by atoms with E-state index in [1.807, 2.05) is 6.92 Å². The maximum absolute atomic E-state index is 14.6. The van der Waals surface area contributed by atoms with Gasteiger partial charge in [-0.25, -0.2) is 4.98 Å². The molecule has 9 heteroatoms. The second-order valence-corrected chi connectivity index (χ2v) is 13.4. The molecule has 4 heterocycles. The summed E-state index contributed by atoms with van der Waals surface area (Å²) in [6, 6.07) is 10.9. The lowest BCUT2D eigenvalue weighted by Gasteiger charge is -2.48. The monoisotopic (exact) mass is 560 g/mol. The number of nitrogens with one attached hydrogen (secondary N) is 1. The van der Waals surface area contributed by atoms with Crippen LogP contribution in [-0.2, 0) is 16.8 Å². The Hall–Kier alpha value is -1.97. The number of fused-ring (bicyclic) bond motifs is 2. The summed E-state index contributed by atoms with van der Waals surface area (Å²) in [4.78, 5) is 23.9. The molecule has 1 aromatic carbocycles. The Labute approximate surface area is 233 Å². The molecule has 1 spiro atoms. The van der Waals surface area contributed by atoms with E-state index in [4.69, 9.17) is 0 Å². The Balaban J connectivity index is 1.31. The van der Waals surface area contributed by atoms with Crippen LogP contribution in [0.4, 0.5) is 13.2 Å². The van der Waals surface area contributed by atoms with Crippen molar-refractivity contribution in [3.8, 4) is 0 Å². The van der Waals surface area contributed by atoms with E-state index >= 15 is 0 Å². The highest BCUT2D eigenvalue weighted by molar-refractivity contribution is 7.11. The minimum Gasteiger partial charge on any atom is -0.339 e. The van der Waals surface area contributed by atoms with Crippen molar-refractivity contribution in [1.29, 1.82) is 0 Å². The topological polar surface area (TPSA) is 48.5 Å². The van der Waals surface area contributed by atoms with E-state index in [1.165, 1.54) is 29.7 Å². The van der Waals surface area contributed by atoms with Gasteiger partial charge < -0.3 is 10.2 Å². The Kier molecular flexibility index (Phi) is 7.52. The van der Waals surface area contributed by atoms with Crippen molar-refractivity contribution in [3.05, 3.63) is 51.5 Å². The van der Waals surface area contributed by atoms with Gasteiger partial charge in [0.25, 0.3) is 0 Å². The van der Waals surface area contributed by atoms with Gasteiger partial charge in [-0.3, -0.25) is 9.69 Å². The third kappa shape index (κ3) is 5.38. The van der Waals surface area contributed by atoms with Crippen LogP contribution in [0, 0.1) is 18.8 Å². The fourth-order valence-corrected chi connectivity index (χ4v) is 9.18. The van der Waals surface area contributed by atoms with E-state index in [0.29, 0.717) is 31.5 Å². The zero-order valence-corrected chi connectivity index (χ0v) is 23.5. The Morgan fingerprint density at radius 3 is 2.67 bits per heavy atom. The first-order chi connectivity index (χ1) is 18.7. The summed E-state index contributed by atoms with van der Waals surface area (Å²) in [6.45, 7) is 3.10. The predicted octanol–water partition coefficient (Wildman–Crippen LogP) is 5.64. The quantitative estimate of drug-likeness (QED) is 0.526. The fraction of sp³-hybridized carbons (Fsp3) is 0.667. The minimum atomic E-state index is -4.29. The molecule has 212 valence electrons. The molecule has 5 nitrogen and oxygen atoms in total. The first-order valence-corrected chi connectivity index (χ1v) is 15.4. The molecule has 4 aliphatic rings. The zero-order valence-electron chi connectivity index (χ0n) is 22.7. The van der Waals surface area contributed by atoms with Crippen molar-refractivity contribution in [2.45, 2.75) is 82.0 Å². The highest BCUT2D eigenvalue weighted by Gasteiger charge is 2.56. The summed E-state index contributed by atoms with van der Waals surface area (Å²) in [6.07, 6.45) is 3.60. The van der Waals surface area contributed by atoms with E-state index < -0.39 is 18.1 Å². The molecule has 0 unspecified atom stereocenters. The summed E-state index contributed by atoms with van der Waals surface area (Å²) in [5.41, 5.74) is 1.40. The largest absolute Gasteiger partial charge is 0.401 e. The van der Waals surface area contributed by atoms with Gasteiger partial charge in [0.2, 0.25) is 5.91 Å². The summed E-state index contributed by atoms with van der Waals surface area (Å²) >= 11 is 1.57. The summed E-state index contributed by atoms with van der Waals surface area (Å²) in [5.74, 6) is 0.679. The van der Waals surface area contributed by atoms with Gasteiger partial charge in [0, 0.05) is 49.1 Å². The number of alkyl halides is 3. The van der Waals surface area contributed by atoms with Crippen LogP contribution < -0.4 is 5.32 Å². The number of carbonyl (C=O) groups excluding carboxylic acids is 1. The van der Waals surface area contributed by atoms with Gasteiger partial charge >= 0.3 is 6.18 Å². The van der Waals surface area contributed by atoms with E-state index in [9.17, 15) is 18.0 Å². The first-order valence-electron chi connectivity index (χ1n) is 14.6. The number of carbonyl (C=O) groups is 1. The van der Waals surface area contributed by atoms with Crippen LogP contribution in [0.25, 0.3) is 0 Å². The maximum atomic E-state index is 14.6. The SMILES string of the molecule is Cc1nc2c(s1)[C@@]1(CNC[C@H]1C(=O)N1CC[C@@H](c3ccccc3)C[C@H]1C1CCCCC1)CN(CC(F)(F)F)C2. The number of aryl methyl sites for hydroxylation is 1. The maximum Gasteiger partial charge on any atom is 0.401 e. The number of amides is 1.